The zero-order valence-corrected chi connectivity index (χ0v) is 11.1. The number of nitrogens with one attached hydrogen (secondary N) is 1. The third-order valence-corrected chi connectivity index (χ3v) is 4.50. The normalized spacial score (nSPS) is 30.0. The SMILES string of the molecule is CCCC1CN(CCC)C2(CCCC2)CN1. The van der Waals surface area contributed by atoms with Gasteiger partial charge in [-0.15, -0.1) is 0 Å². The Kier molecular flexibility index (Phi) is 4.26. The van der Waals surface area contributed by atoms with E-state index >= 15 is 0 Å². The van der Waals surface area contributed by atoms with Crippen molar-refractivity contribution in [1.82, 2.24) is 10.2 Å². The molecule has 2 nitrogen and oxygen atoms in total. The Labute approximate surface area is 101 Å². The highest BCUT2D eigenvalue weighted by Crippen LogP contribution is 2.37. The van der Waals surface area contributed by atoms with E-state index in [2.05, 4.69) is 24.1 Å². The number of nitrogens with zero attached hydrogens (tertiary/aromatic N) is 1. The molecule has 0 aromatic rings. The zero-order valence-electron chi connectivity index (χ0n) is 11.1. The van der Waals surface area contributed by atoms with Gasteiger partial charge >= 0.3 is 0 Å². The van der Waals surface area contributed by atoms with E-state index in [1.54, 1.807) is 0 Å². The Morgan fingerprint density at radius 2 is 1.94 bits per heavy atom. The molecule has 16 heavy (non-hydrogen) atoms. The fourth-order valence-electron chi connectivity index (χ4n) is 3.64. The first-order valence-electron chi connectivity index (χ1n) is 7.29. The summed E-state index contributed by atoms with van der Waals surface area (Å²) in [7, 11) is 0. The van der Waals surface area contributed by atoms with Gasteiger partial charge in [0.25, 0.3) is 0 Å². The molecule has 1 saturated carbocycles. The van der Waals surface area contributed by atoms with Gasteiger partial charge in [0.15, 0.2) is 0 Å². The lowest BCUT2D eigenvalue weighted by atomic mass is 9.90. The molecule has 1 aliphatic heterocycles. The molecule has 1 aliphatic carbocycles. The van der Waals surface area contributed by atoms with Crippen molar-refractivity contribution in [3.05, 3.63) is 0 Å². The van der Waals surface area contributed by atoms with Crippen LogP contribution in [0.2, 0.25) is 0 Å². The first kappa shape index (κ1) is 12.4. The summed E-state index contributed by atoms with van der Waals surface area (Å²) in [4.78, 5) is 2.82. The number of hydrogen-bond acceptors (Lipinski definition) is 2. The Morgan fingerprint density at radius 3 is 2.56 bits per heavy atom. The second-order valence-electron chi connectivity index (χ2n) is 5.74. The van der Waals surface area contributed by atoms with Crippen LogP contribution in [0.25, 0.3) is 0 Å². The first-order chi connectivity index (χ1) is 7.80. The van der Waals surface area contributed by atoms with E-state index < -0.39 is 0 Å². The quantitative estimate of drug-likeness (QED) is 0.790. The fraction of sp³-hybridized carbons (Fsp3) is 1.00. The predicted octanol–water partition coefficient (Wildman–Crippen LogP) is 2.78. The minimum atomic E-state index is 0.542. The summed E-state index contributed by atoms with van der Waals surface area (Å²) in [6.07, 6.45) is 9.71. The van der Waals surface area contributed by atoms with Gasteiger partial charge in [0.05, 0.1) is 0 Å². The maximum atomic E-state index is 3.80. The lowest BCUT2D eigenvalue weighted by molar-refractivity contribution is 0.0412. The average Bonchev–Trinajstić information content (AvgIpc) is 2.74. The van der Waals surface area contributed by atoms with Crippen molar-refractivity contribution >= 4 is 0 Å². The summed E-state index contributed by atoms with van der Waals surface area (Å²) < 4.78 is 0. The highest BCUT2D eigenvalue weighted by atomic mass is 15.3. The highest BCUT2D eigenvalue weighted by Gasteiger charge is 2.42. The Morgan fingerprint density at radius 1 is 1.19 bits per heavy atom. The lowest BCUT2D eigenvalue weighted by Crippen LogP contribution is -2.63. The van der Waals surface area contributed by atoms with E-state index in [1.165, 1.54) is 64.6 Å². The van der Waals surface area contributed by atoms with Gasteiger partial charge in [0.1, 0.15) is 0 Å². The fourth-order valence-corrected chi connectivity index (χ4v) is 3.64. The molecule has 1 heterocycles. The molecule has 2 fully saturated rings. The standard InChI is InChI=1S/C14H28N2/c1-3-7-13-11-16(10-4-2)14(12-15-13)8-5-6-9-14/h13,15H,3-12H2,1-2H3. The lowest BCUT2D eigenvalue weighted by Gasteiger charge is -2.48. The summed E-state index contributed by atoms with van der Waals surface area (Å²) in [5.74, 6) is 0. The van der Waals surface area contributed by atoms with Crippen LogP contribution in [-0.2, 0) is 0 Å². The van der Waals surface area contributed by atoms with Gasteiger partial charge in [0.2, 0.25) is 0 Å². The van der Waals surface area contributed by atoms with Crippen molar-refractivity contribution in [2.45, 2.75) is 70.4 Å². The molecule has 0 aromatic carbocycles. The Bertz CT molecular complexity index is 209. The van der Waals surface area contributed by atoms with E-state index in [-0.39, 0.29) is 0 Å². The van der Waals surface area contributed by atoms with E-state index in [1.807, 2.05) is 0 Å². The highest BCUT2D eigenvalue weighted by molar-refractivity contribution is 5.01. The van der Waals surface area contributed by atoms with E-state index in [9.17, 15) is 0 Å². The molecule has 1 N–H and O–H groups in total. The van der Waals surface area contributed by atoms with Gasteiger partial charge in [-0.2, -0.15) is 0 Å². The van der Waals surface area contributed by atoms with Crippen molar-refractivity contribution in [2.75, 3.05) is 19.6 Å². The van der Waals surface area contributed by atoms with E-state index in [0.717, 1.165) is 6.04 Å². The molecule has 2 aliphatic rings. The van der Waals surface area contributed by atoms with Crippen LogP contribution in [0.3, 0.4) is 0 Å². The maximum Gasteiger partial charge on any atom is 0.0334 e. The van der Waals surface area contributed by atoms with Gasteiger partial charge in [-0.1, -0.05) is 33.1 Å². The van der Waals surface area contributed by atoms with Gasteiger partial charge in [-0.05, 0) is 32.2 Å². The first-order valence-corrected chi connectivity index (χ1v) is 7.29. The third-order valence-electron chi connectivity index (χ3n) is 4.50. The summed E-state index contributed by atoms with van der Waals surface area (Å²) in [5, 5.41) is 3.80. The molecule has 1 spiro atoms. The van der Waals surface area contributed by atoms with Gasteiger partial charge < -0.3 is 5.32 Å². The van der Waals surface area contributed by atoms with Gasteiger partial charge in [-0.25, -0.2) is 0 Å². The van der Waals surface area contributed by atoms with Crippen LogP contribution in [-0.4, -0.2) is 36.1 Å². The van der Waals surface area contributed by atoms with Crippen LogP contribution in [0.5, 0.6) is 0 Å². The minimum Gasteiger partial charge on any atom is -0.311 e. The minimum absolute atomic E-state index is 0.542. The third kappa shape index (κ3) is 2.43. The number of piperazine rings is 1. The molecule has 2 rings (SSSR count). The summed E-state index contributed by atoms with van der Waals surface area (Å²) in [6.45, 7) is 8.46. The van der Waals surface area contributed by atoms with Crippen molar-refractivity contribution in [1.29, 1.82) is 0 Å². The topological polar surface area (TPSA) is 15.3 Å². The molecule has 0 aromatic heterocycles. The molecule has 1 atom stereocenters. The molecule has 0 radical (unpaired) electrons. The van der Waals surface area contributed by atoms with Crippen LogP contribution in [0.15, 0.2) is 0 Å². The molecule has 0 bridgehead atoms. The molecule has 0 amide bonds. The molecule has 2 heteroatoms. The van der Waals surface area contributed by atoms with Crippen LogP contribution in [0.1, 0.15) is 58.8 Å². The average molecular weight is 224 g/mol. The predicted molar refractivity (Wildman–Crippen MR) is 69.8 cm³/mol. The van der Waals surface area contributed by atoms with Crippen LogP contribution >= 0.6 is 0 Å². The Hall–Kier alpha value is -0.0800. The Balaban J connectivity index is 1.98. The monoisotopic (exact) mass is 224 g/mol. The van der Waals surface area contributed by atoms with E-state index in [0.29, 0.717) is 5.54 Å². The second-order valence-corrected chi connectivity index (χ2v) is 5.74. The zero-order chi connectivity index (χ0) is 11.4. The molecular weight excluding hydrogens is 196 g/mol. The second kappa shape index (κ2) is 5.50. The smallest absolute Gasteiger partial charge is 0.0334 e. The molecular formula is C14H28N2. The van der Waals surface area contributed by atoms with Crippen LogP contribution < -0.4 is 5.32 Å². The maximum absolute atomic E-state index is 3.80. The van der Waals surface area contributed by atoms with Gasteiger partial charge in [0, 0.05) is 24.7 Å². The van der Waals surface area contributed by atoms with Crippen molar-refractivity contribution in [3.8, 4) is 0 Å². The van der Waals surface area contributed by atoms with E-state index in [4.69, 9.17) is 0 Å². The van der Waals surface area contributed by atoms with Crippen LogP contribution in [0, 0.1) is 0 Å². The number of hydrogen-bond donors (Lipinski definition) is 1. The molecule has 1 unspecified atom stereocenters. The largest absolute Gasteiger partial charge is 0.311 e. The number of rotatable bonds is 4. The molecule has 94 valence electrons. The van der Waals surface area contributed by atoms with Crippen LogP contribution in [0.4, 0.5) is 0 Å². The molecule has 1 saturated heterocycles. The van der Waals surface area contributed by atoms with Crippen molar-refractivity contribution in [3.63, 3.8) is 0 Å². The van der Waals surface area contributed by atoms with Crippen molar-refractivity contribution in [2.24, 2.45) is 0 Å². The van der Waals surface area contributed by atoms with Crippen molar-refractivity contribution < 1.29 is 0 Å². The van der Waals surface area contributed by atoms with Gasteiger partial charge in [-0.3, -0.25) is 4.90 Å². The summed E-state index contributed by atoms with van der Waals surface area (Å²) in [6, 6.07) is 0.753. The summed E-state index contributed by atoms with van der Waals surface area (Å²) >= 11 is 0. The summed E-state index contributed by atoms with van der Waals surface area (Å²) in [5.41, 5.74) is 0.542.